The van der Waals surface area contributed by atoms with Crippen LogP contribution in [0.25, 0.3) is 0 Å². The zero-order valence-corrected chi connectivity index (χ0v) is 13.3. The number of nitrogens with one attached hydrogen (secondary N) is 1. The predicted octanol–water partition coefficient (Wildman–Crippen LogP) is 4.97. The van der Waals surface area contributed by atoms with E-state index >= 15 is 0 Å². The Morgan fingerprint density at radius 2 is 2.35 bits per heavy atom. The van der Waals surface area contributed by atoms with Gasteiger partial charge in [0.1, 0.15) is 5.76 Å². The summed E-state index contributed by atoms with van der Waals surface area (Å²) in [5.74, 6) is 0.735. The molecule has 0 aromatic carbocycles. The molecule has 4 heteroatoms. The first-order valence-corrected chi connectivity index (χ1v) is 7.86. The maximum atomic E-state index is 6.38. The van der Waals surface area contributed by atoms with Crippen molar-refractivity contribution in [3.05, 3.63) is 47.9 Å². The molecule has 1 unspecified atom stereocenters. The normalized spacial score (nSPS) is 24.6. The third-order valence-electron chi connectivity index (χ3n) is 3.46. The lowest BCUT2D eigenvalue weighted by Gasteiger charge is -2.25. The van der Waals surface area contributed by atoms with Gasteiger partial charge in [0.2, 0.25) is 6.23 Å². The van der Waals surface area contributed by atoms with Crippen molar-refractivity contribution >= 4 is 23.2 Å². The number of rotatable bonds is 5. The van der Waals surface area contributed by atoms with E-state index < -0.39 is 10.6 Å². The molecule has 0 radical (unpaired) electrons. The van der Waals surface area contributed by atoms with Crippen molar-refractivity contribution < 1.29 is 4.74 Å². The van der Waals surface area contributed by atoms with Crippen molar-refractivity contribution in [2.75, 3.05) is 0 Å². The van der Waals surface area contributed by atoms with Crippen molar-refractivity contribution in [1.82, 2.24) is 5.32 Å². The van der Waals surface area contributed by atoms with Crippen LogP contribution in [-0.2, 0) is 4.74 Å². The monoisotopic (exact) mass is 313 g/mol. The van der Waals surface area contributed by atoms with E-state index in [1.165, 1.54) is 5.57 Å². The smallest absolute Gasteiger partial charge is 0.203 e. The highest BCUT2D eigenvalue weighted by Crippen LogP contribution is 2.37. The van der Waals surface area contributed by atoms with E-state index in [1.54, 1.807) is 0 Å². The molecule has 1 aliphatic carbocycles. The van der Waals surface area contributed by atoms with Crippen LogP contribution in [-0.4, -0.2) is 10.6 Å². The first kappa shape index (κ1) is 15.5. The number of hydrogen-bond acceptors (Lipinski definition) is 2. The molecule has 0 spiro atoms. The van der Waals surface area contributed by atoms with Crippen LogP contribution in [0.5, 0.6) is 0 Å². The van der Waals surface area contributed by atoms with Crippen molar-refractivity contribution in [3.8, 4) is 0 Å². The Bertz CT molecular complexity index is 463. The second-order valence-corrected chi connectivity index (χ2v) is 6.74. The summed E-state index contributed by atoms with van der Waals surface area (Å²) in [5.41, 5.74) is 1.97. The molecule has 0 aromatic heterocycles. The van der Waals surface area contributed by atoms with Gasteiger partial charge in [-0.1, -0.05) is 67.8 Å². The Labute approximate surface area is 131 Å². The third-order valence-corrected chi connectivity index (χ3v) is 4.23. The molecule has 0 saturated carbocycles. The molecule has 1 aliphatic heterocycles. The molecule has 1 saturated heterocycles. The Kier molecular flexibility index (Phi) is 5.22. The average molecular weight is 314 g/mol. The molecule has 2 nitrogen and oxygen atoms in total. The lowest BCUT2D eigenvalue weighted by molar-refractivity contribution is 0.125. The van der Waals surface area contributed by atoms with Gasteiger partial charge in [-0.25, -0.2) is 0 Å². The molecule has 2 aliphatic rings. The van der Waals surface area contributed by atoms with Gasteiger partial charge in [-0.15, -0.1) is 0 Å². The second kappa shape index (κ2) is 6.73. The molecular weight excluding hydrogens is 293 g/mol. The fourth-order valence-corrected chi connectivity index (χ4v) is 2.69. The van der Waals surface area contributed by atoms with Gasteiger partial charge in [-0.05, 0) is 30.9 Å². The van der Waals surface area contributed by atoms with Crippen LogP contribution in [0.1, 0.15) is 39.0 Å². The summed E-state index contributed by atoms with van der Waals surface area (Å²) in [6.45, 7) is 6.09. The maximum absolute atomic E-state index is 6.38. The van der Waals surface area contributed by atoms with Gasteiger partial charge in [0, 0.05) is 0 Å². The first-order valence-electron chi connectivity index (χ1n) is 7.10. The standard InChI is InChI=1S/C16H21Cl2NO/c1-3-4-10-16(17,18)15-19-12(2)14(20-15)11-13-8-6-5-7-9-13/h5-6,8,11,15,19H,2-4,7,9-10H2,1H3/b14-11-. The minimum Gasteiger partial charge on any atom is -0.465 e. The Morgan fingerprint density at radius 3 is 3.00 bits per heavy atom. The number of unbranched alkanes of at least 4 members (excludes halogenated alkanes) is 1. The summed E-state index contributed by atoms with van der Waals surface area (Å²) in [5, 5.41) is 3.15. The molecule has 0 bridgehead atoms. The van der Waals surface area contributed by atoms with E-state index in [2.05, 4.69) is 37.0 Å². The van der Waals surface area contributed by atoms with E-state index in [4.69, 9.17) is 27.9 Å². The third kappa shape index (κ3) is 3.83. The molecule has 2 rings (SSSR count). The van der Waals surface area contributed by atoms with Gasteiger partial charge in [0.05, 0.1) is 5.70 Å². The lowest BCUT2D eigenvalue weighted by atomic mass is 10.0. The summed E-state index contributed by atoms with van der Waals surface area (Å²) < 4.78 is 4.92. The van der Waals surface area contributed by atoms with Gasteiger partial charge in [0.25, 0.3) is 0 Å². The van der Waals surface area contributed by atoms with Crippen LogP contribution in [0.4, 0.5) is 0 Å². The number of hydrogen-bond donors (Lipinski definition) is 1. The summed E-state index contributed by atoms with van der Waals surface area (Å²) in [7, 11) is 0. The number of alkyl halides is 2. The van der Waals surface area contributed by atoms with Crippen LogP contribution in [0, 0.1) is 0 Å². The predicted molar refractivity (Wildman–Crippen MR) is 85.7 cm³/mol. The Hall–Kier alpha value is -0.860. The van der Waals surface area contributed by atoms with Crippen molar-refractivity contribution in [2.24, 2.45) is 0 Å². The van der Waals surface area contributed by atoms with Crippen molar-refractivity contribution in [1.29, 1.82) is 0 Å². The molecule has 0 amide bonds. The highest BCUT2D eigenvalue weighted by atomic mass is 35.5. The SMILES string of the molecule is C=C1NC(C(Cl)(Cl)CCCC)O/C1=C\C1=CC=CCC1. The largest absolute Gasteiger partial charge is 0.465 e. The van der Waals surface area contributed by atoms with E-state index in [0.29, 0.717) is 6.42 Å². The van der Waals surface area contributed by atoms with Gasteiger partial charge >= 0.3 is 0 Å². The molecular formula is C16H21Cl2NO. The van der Waals surface area contributed by atoms with Crippen molar-refractivity contribution in [3.63, 3.8) is 0 Å². The summed E-state index contributed by atoms with van der Waals surface area (Å²) in [6.07, 6.45) is 12.7. The van der Waals surface area contributed by atoms with E-state index in [1.807, 2.05) is 6.08 Å². The molecule has 110 valence electrons. The van der Waals surface area contributed by atoms with Crippen molar-refractivity contribution in [2.45, 2.75) is 49.6 Å². The maximum Gasteiger partial charge on any atom is 0.203 e. The molecule has 1 atom stereocenters. The van der Waals surface area contributed by atoms with E-state index in [0.717, 1.165) is 37.1 Å². The van der Waals surface area contributed by atoms with Gasteiger partial charge in [-0.3, -0.25) is 0 Å². The minimum absolute atomic E-state index is 0.434. The average Bonchev–Trinajstić information content (AvgIpc) is 2.80. The Balaban J connectivity index is 2.05. The fraction of sp³-hybridized carbons (Fsp3) is 0.500. The number of halogens is 2. The summed E-state index contributed by atoms with van der Waals surface area (Å²) in [6, 6.07) is 0. The van der Waals surface area contributed by atoms with Crippen LogP contribution in [0.15, 0.2) is 47.9 Å². The highest BCUT2D eigenvalue weighted by molar-refractivity contribution is 6.48. The quantitative estimate of drug-likeness (QED) is 0.723. The van der Waals surface area contributed by atoms with Gasteiger partial charge < -0.3 is 10.1 Å². The summed E-state index contributed by atoms with van der Waals surface area (Å²) in [4.78, 5) is 0. The zero-order valence-electron chi connectivity index (χ0n) is 11.8. The number of allylic oxidation sites excluding steroid dienone is 5. The topological polar surface area (TPSA) is 21.3 Å². The van der Waals surface area contributed by atoms with Crippen LogP contribution < -0.4 is 5.32 Å². The molecule has 20 heavy (non-hydrogen) atoms. The molecule has 0 aromatic rings. The molecule has 1 N–H and O–H groups in total. The molecule has 1 heterocycles. The zero-order chi connectivity index (χ0) is 14.6. The second-order valence-electron chi connectivity index (χ2n) is 5.20. The number of ether oxygens (including phenoxy) is 1. The molecule has 1 fully saturated rings. The fourth-order valence-electron chi connectivity index (χ4n) is 2.22. The summed E-state index contributed by atoms with van der Waals surface area (Å²) >= 11 is 12.8. The van der Waals surface area contributed by atoms with Crippen LogP contribution in [0.3, 0.4) is 0 Å². The van der Waals surface area contributed by atoms with E-state index in [9.17, 15) is 0 Å². The Morgan fingerprint density at radius 1 is 1.55 bits per heavy atom. The lowest BCUT2D eigenvalue weighted by Crippen LogP contribution is -2.39. The van der Waals surface area contributed by atoms with Crippen LogP contribution >= 0.6 is 23.2 Å². The van der Waals surface area contributed by atoms with Gasteiger partial charge in [0.15, 0.2) is 4.33 Å². The minimum atomic E-state index is -0.935. The van der Waals surface area contributed by atoms with Crippen LogP contribution in [0.2, 0.25) is 0 Å². The highest BCUT2D eigenvalue weighted by Gasteiger charge is 2.41. The van der Waals surface area contributed by atoms with Gasteiger partial charge in [-0.2, -0.15) is 0 Å². The first-order chi connectivity index (χ1) is 9.53. The van der Waals surface area contributed by atoms with E-state index in [-0.39, 0.29) is 0 Å².